The monoisotopic (exact) mass is 444 g/mol. The van der Waals surface area contributed by atoms with Gasteiger partial charge in [0.2, 0.25) is 0 Å². The summed E-state index contributed by atoms with van der Waals surface area (Å²) in [5.41, 5.74) is 3.82. The molecule has 0 aliphatic carbocycles. The molecule has 0 fully saturated rings. The number of halogens is 3. The van der Waals surface area contributed by atoms with Crippen LogP contribution in [0.5, 0.6) is 11.5 Å². The maximum Gasteiger partial charge on any atom is 0.271 e. The number of hydrogen-bond acceptors (Lipinski definition) is 4. The molecule has 2 N–H and O–H groups in total. The minimum absolute atomic E-state index is 0.110. The molecule has 8 heteroatoms. The number of amides is 1. The van der Waals surface area contributed by atoms with Gasteiger partial charge >= 0.3 is 0 Å². The largest absolute Gasteiger partial charge is 0.504 e. The van der Waals surface area contributed by atoms with Crippen LogP contribution in [0, 0.1) is 6.92 Å². The number of hydrazone groups is 1. The van der Waals surface area contributed by atoms with E-state index in [0.717, 1.165) is 10.0 Å². The number of hydrogen-bond donors (Lipinski definition) is 2. The van der Waals surface area contributed by atoms with E-state index in [2.05, 4.69) is 26.5 Å². The highest BCUT2D eigenvalue weighted by Crippen LogP contribution is 2.39. The Bertz CT molecular complexity index is 841. The zero-order chi connectivity index (χ0) is 18.6. The molecule has 0 bridgehead atoms. The van der Waals surface area contributed by atoms with Crippen LogP contribution in [0.3, 0.4) is 0 Å². The molecule has 0 spiro atoms. The van der Waals surface area contributed by atoms with E-state index >= 15 is 0 Å². The van der Waals surface area contributed by atoms with Crippen molar-refractivity contribution in [2.45, 2.75) is 13.8 Å². The summed E-state index contributed by atoms with van der Waals surface area (Å²) < 4.78 is 6.11. The maximum atomic E-state index is 12.2. The van der Waals surface area contributed by atoms with Crippen LogP contribution in [-0.4, -0.2) is 23.8 Å². The van der Waals surface area contributed by atoms with Crippen molar-refractivity contribution in [2.24, 2.45) is 5.10 Å². The lowest BCUT2D eigenvalue weighted by molar-refractivity contribution is 0.0954. The Labute approximate surface area is 163 Å². The third kappa shape index (κ3) is 4.45. The number of rotatable bonds is 5. The molecule has 0 radical (unpaired) electrons. The molecule has 132 valence electrons. The smallest absolute Gasteiger partial charge is 0.271 e. The number of nitrogens with zero attached hydrogens (tertiary/aromatic N) is 1. The van der Waals surface area contributed by atoms with Gasteiger partial charge in [-0.25, -0.2) is 5.43 Å². The predicted octanol–water partition coefficient (Wildman–Crippen LogP) is 4.93. The van der Waals surface area contributed by atoms with Gasteiger partial charge in [-0.2, -0.15) is 5.10 Å². The van der Waals surface area contributed by atoms with Crippen molar-refractivity contribution in [1.82, 2.24) is 5.43 Å². The number of carbonyl (C=O) groups is 1. The minimum Gasteiger partial charge on any atom is -0.504 e. The molecule has 2 aromatic rings. The Morgan fingerprint density at radius 3 is 2.84 bits per heavy atom. The Morgan fingerprint density at radius 1 is 1.44 bits per heavy atom. The molecular weight excluding hydrogens is 431 g/mol. The van der Waals surface area contributed by atoms with Gasteiger partial charge in [0.1, 0.15) is 0 Å². The third-order valence-corrected chi connectivity index (χ3v) is 5.03. The van der Waals surface area contributed by atoms with Crippen molar-refractivity contribution in [2.75, 3.05) is 6.61 Å². The second kappa shape index (κ2) is 8.56. The molecule has 0 saturated heterocycles. The molecule has 0 aromatic heterocycles. The standard InChI is InChI=1S/C17H15BrCl2N2O3/c1-3-25-14-7-13(19)15(20)11(16(14)23)8-21-22-17(24)10-5-4-6-12(18)9(10)2/h4-8,23H,3H2,1-2H3,(H,22,24). The SMILES string of the molecule is CCOc1cc(Cl)c(Cl)c(C=NNC(=O)c2cccc(Br)c2C)c1O. The van der Waals surface area contributed by atoms with Crippen LogP contribution in [0.4, 0.5) is 0 Å². The lowest BCUT2D eigenvalue weighted by atomic mass is 10.1. The number of nitrogens with one attached hydrogen (secondary N) is 1. The van der Waals surface area contributed by atoms with E-state index in [1.807, 2.05) is 13.0 Å². The van der Waals surface area contributed by atoms with E-state index in [1.165, 1.54) is 12.3 Å². The van der Waals surface area contributed by atoms with E-state index in [4.69, 9.17) is 27.9 Å². The van der Waals surface area contributed by atoms with Crippen LogP contribution in [0.2, 0.25) is 10.0 Å². The van der Waals surface area contributed by atoms with Gasteiger partial charge < -0.3 is 9.84 Å². The Balaban J connectivity index is 2.25. The van der Waals surface area contributed by atoms with Crippen molar-refractivity contribution >= 4 is 51.3 Å². The molecule has 0 atom stereocenters. The van der Waals surface area contributed by atoms with Crippen molar-refractivity contribution < 1.29 is 14.6 Å². The molecule has 0 unspecified atom stereocenters. The van der Waals surface area contributed by atoms with E-state index in [-0.39, 0.29) is 27.1 Å². The summed E-state index contributed by atoms with van der Waals surface area (Å²) >= 11 is 15.5. The Morgan fingerprint density at radius 2 is 2.16 bits per heavy atom. The zero-order valence-electron chi connectivity index (χ0n) is 13.4. The zero-order valence-corrected chi connectivity index (χ0v) is 16.5. The first-order valence-electron chi connectivity index (χ1n) is 7.29. The fourth-order valence-electron chi connectivity index (χ4n) is 2.06. The number of phenols is 1. The molecule has 2 aromatic carbocycles. The summed E-state index contributed by atoms with van der Waals surface area (Å²) in [7, 11) is 0. The summed E-state index contributed by atoms with van der Waals surface area (Å²) in [5, 5.41) is 14.4. The van der Waals surface area contributed by atoms with Crippen LogP contribution in [0.25, 0.3) is 0 Å². The van der Waals surface area contributed by atoms with Gasteiger partial charge in [0.05, 0.1) is 28.4 Å². The summed E-state index contributed by atoms with van der Waals surface area (Å²) in [6, 6.07) is 6.70. The molecule has 0 heterocycles. The normalized spacial score (nSPS) is 10.9. The highest BCUT2D eigenvalue weighted by Gasteiger charge is 2.16. The predicted molar refractivity (Wildman–Crippen MR) is 103 cm³/mol. The molecule has 2 rings (SSSR count). The van der Waals surface area contributed by atoms with Crippen LogP contribution >= 0.6 is 39.1 Å². The summed E-state index contributed by atoms with van der Waals surface area (Å²) in [6.45, 7) is 3.94. The van der Waals surface area contributed by atoms with Gasteiger partial charge in [-0.05, 0) is 31.5 Å². The van der Waals surface area contributed by atoms with Crippen molar-refractivity contribution in [3.63, 3.8) is 0 Å². The van der Waals surface area contributed by atoms with Gasteiger partial charge in [-0.15, -0.1) is 0 Å². The fraction of sp³-hybridized carbons (Fsp3) is 0.176. The van der Waals surface area contributed by atoms with E-state index in [1.54, 1.807) is 19.1 Å². The van der Waals surface area contributed by atoms with E-state index in [0.29, 0.717) is 12.2 Å². The lowest BCUT2D eigenvalue weighted by Gasteiger charge is -2.11. The van der Waals surface area contributed by atoms with Crippen LogP contribution < -0.4 is 10.2 Å². The van der Waals surface area contributed by atoms with Gasteiger partial charge in [0.15, 0.2) is 11.5 Å². The van der Waals surface area contributed by atoms with Gasteiger partial charge in [-0.1, -0.05) is 45.2 Å². The lowest BCUT2D eigenvalue weighted by Crippen LogP contribution is -2.18. The highest BCUT2D eigenvalue weighted by atomic mass is 79.9. The minimum atomic E-state index is -0.391. The molecule has 0 aliphatic rings. The van der Waals surface area contributed by atoms with Gasteiger partial charge in [0, 0.05) is 16.1 Å². The maximum absolute atomic E-state index is 12.2. The first kappa shape index (κ1) is 19.6. The molecule has 0 saturated carbocycles. The summed E-state index contributed by atoms with van der Waals surface area (Å²) in [4.78, 5) is 12.2. The average Bonchev–Trinajstić information content (AvgIpc) is 2.58. The number of ether oxygens (including phenoxy) is 1. The van der Waals surface area contributed by atoms with Crippen molar-refractivity contribution in [1.29, 1.82) is 0 Å². The average molecular weight is 446 g/mol. The second-order valence-corrected chi connectivity index (χ2v) is 6.62. The van der Waals surface area contributed by atoms with Crippen LogP contribution in [0.1, 0.15) is 28.4 Å². The quantitative estimate of drug-likeness (QED) is 0.506. The molecular formula is C17H15BrCl2N2O3. The van der Waals surface area contributed by atoms with Crippen LogP contribution in [-0.2, 0) is 0 Å². The number of benzene rings is 2. The van der Waals surface area contributed by atoms with Gasteiger partial charge in [-0.3, -0.25) is 4.79 Å². The van der Waals surface area contributed by atoms with E-state index in [9.17, 15) is 9.90 Å². The fourth-order valence-corrected chi connectivity index (χ4v) is 2.82. The first-order valence-corrected chi connectivity index (χ1v) is 8.84. The summed E-state index contributed by atoms with van der Waals surface area (Å²) in [5.74, 6) is -0.405. The molecule has 1 amide bonds. The van der Waals surface area contributed by atoms with Crippen molar-refractivity contribution in [3.05, 3.63) is 55.5 Å². The second-order valence-electron chi connectivity index (χ2n) is 4.98. The topological polar surface area (TPSA) is 70.9 Å². The summed E-state index contributed by atoms with van der Waals surface area (Å²) in [6.07, 6.45) is 1.22. The highest BCUT2D eigenvalue weighted by molar-refractivity contribution is 9.10. The van der Waals surface area contributed by atoms with Crippen molar-refractivity contribution in [3.8, 4) is 11.5 Å². The number of carbonyl (C=O) groups excluding carboxylic acids is 1. The van der Waals surface area contributed by atoms with E-state index < -0.39 is 5.91 Å². The van der Waals surface area contributed by atoms with Crippen LogP contribution in [0.15, 0.2) is 33.8 Å². The molecule has 5 nitrogen and oxygen atoms in total. The molecule has 25 heavy (non-hydrogen) atoms. The number of aromatic hydroxyl groups is 1. The van der Waals surface area contributed by atoms with Gasteiger partial charge in [0.25, 0.3) is 5.91 Å². The Kier molecular flexibility index (Phi) is 6.70. The number of phenolic OH excluding ortho intramolecular Hbond substituents is 1. The molecule has 0 aliphatic heterocycles. The Hall–Kier alpha value is -1.76. The third-order valence-electron chi connectivity index (χ3n) is 3.36. The first-order chi connectivity index (χ1) is 11.9.